The molecule has 1 heterocycles. The van der Waals surface area contributed by atoms with Gasteiger partial charge in [-0.1, -0.05) is 44.9 Å². The number of benzene rings is 1. The van der Waals surface area contributed by atoms with Gasteiger partial charge < -0.3 is 5.32 Å². The van der Waals surface area contributed by atoms with Crippen molar-refractivity contribution >= 4 is 16.0 Å². The maximum absolute atomic E-state index is 12.3. The predicted octanol–water partition coefficient (Wildman–Crippen LogP) is 1.97. The molecule has 1 fully saturated rings. The summed E-state index contributed by atoms with van der Waals surface area (Å²) < 4.78 is 27.2. The number of nitrogens with one attached hydrogen (secondary N) is 2. The lowest BCUT2D eigenvalue weighted by atomic mass is 9.77. The minimum absolute atomic E-state index is 0.242. The third-order valence-electron chi connectivity index (χ3n) is 5.28. The summed E-state index contributed by atoms with van der Waals surface area (Å²) in [4.78, 5) is 6.95. The van der Waals surface area contributed by atoms with E-state index in [1.165, 1.54) is 19.3 Å². The van der Waals surface area contributed by atoms with Crippen LogP contribution in [0.3, 0.4) is 0 Å². The number of aliphatic imine (C=N–C) groups is 1. The van der Waals surface area contributed by atoms with E-state index in [1.807, 2.05) is 0 Å². The number of sulfonamides is 1. The van der Waals surface area contributed by atoms with Crippen molar-refractivity contribution in [3.63, 3.8) is 0 Å². The second-order valence-corrected chi connectivity index (χ2v) is 8.51. The van der Waals surface area contributed by atoms with E-state index >= 15 is 0 Å². The molecule has 7 heteroatoms. The summed E-state index contributed by atoms with van der Waals surface area (Å²) in [6.07, 6.45) is 3.74. The van der Waals surface area contributed by atoms with Crippen LogP contribution in [0.4, 0.5) is 0 Å². The number of hydrogen-bond donors (Lipinski definition) is 2. The molecule has 0 radical (unpaired) electrons. The van der Waals surface area contributed by atoms with E-state index in [2.05, 4.69) is 33.8 Å². The minimum Gasteiger partial charge on any atom is -0.343 e. The third kappa shape index (κ3) is 3.72. The molecule has 0 spiro atoms. The maximum Gasteiger partial charge on any atom is 0.264 e. The lowest BCUT2D eigenvalue weighted by molar-refractivity contribution is 0.0768. The van der Waals surface area contributed by atoms with Gasteiger partial charge in [-0.15, -0.1) is 0 Å². The zero-order valence-electron chi connectivity index (χ0n) is 14.3. The second kappa shape index (κ2) is 7.11. The summed E-state index contributed by atoms with van der Waals surface area (Å²) in [6.45, 7) is 5.78. The van der Waals surface area contributed by atoms with Gasteiger partial charge in [0.15, 0.2) is 0 Å². The molecule has 1 aliphatic heterocycles. The molecule has 6 nitrogen and oxygen atoms in total. The van der Waals surface area contributed by atoms with Crippen LogP contribution in [0.15, 0.2) is 40.2 Å². The second-order valence-electron chi connectivity index (χ2n) is 6.82. The normalized spacial score (nSPS) is 28.8. The van der Waals surface area contributed by atoms with Gasteiger partial charge in [0.05, 0.1) is 18.2 Å². The van der Waals surface area contributed by atoms with Gasteiger partial charge in [-0.25, -0.2) is 18.1 Å². The van der Waals surface area contributed by atoms with Gasteiger partial charge in [0, 0.05) is 6.04 Å². The van der Waals surface area contributed by atoms with Crippen LogP contribution in [-0.2, 0) is 10.0 Å². The summed E-state index contributed by atoms with van der Waals surface area (Å²) in [5, 5.41) is 3.11. The first kappa shape index (κ1) is 17.2. The van der Waals surface area contributed by atoms with Crippen LogP contribution in [-0.4, -0.2) is 38.7 Å². The van der Waals surface area contributed by atoms with Crippen molar-refractivity contribution in [3.05, 3.63) is 30.3 Å². The van der Waals surface area contributed by atoms with E-state index < -0.39 is 10.0 Å². The Labute approximate surface area is 144 Å². The van der Waals surface area contributed by atoms with Crippen LogP contribution in [0.5, 0.6) is 0 Å². The van der Waals surface area contributed by atoms with Crippen molar-refractivity contribution in [1.82, 2.24) is 14.9 Å². The topological polar surface area (TPSA) is 73.8 Å². The number of nitrogens with zero attached hydrogens (tertiary/aromatic N) is 2. The van der Waals surface area contributed by atoms with Crippen molar-refractivity contribution in [3.8, 4) is 0 Å². The molecular weight excluding hydrogens is 324 g/mol. The zero-order valence-corrected chi connectivity index (χ0v) is 15.1. The summed E-state index contributed by atoms with van der Waals surface area (Å²) in [5.74, 6) is 1.69. The SMILES string of the molecule is C[C@@H]1[C@H](C)CCC[C@H]1N1CN=C(NS(=O)(=O)c2ccccc2)NC1. The van der Waals surface area contributed by atoms with Crippen molar-refractivity contribution in [2.45, 2.75) is 44.0 Å². The molecule has 0 aromatic heterocycles. The Balaban J connectivity index is 1.64. The standard InChI is InChI=1S/C17H26N4O2S/c1-13-7-6-10-16(14(13)2)21-11-18-17(19-12-21)20-24(22,23)15-8-4-3-5-9-15/h3-5,8-9,13-14,16H,6-7,10-12H2,1-2H3,(H2,18,19,20)/t13-,14-,16-/m1/s1. The minimum atomic E-state index is -3.58. The van der Waals surface area contributed by atoms with Crippen LogP contribution in [0.1, 0.15) is 33.1 Å². The van der Waals surface area contributed by atoms with E-state index in [9.17, 15) is 8.42 Å². The Morgan fingerprint density at radius 3 is 2.62 bits per heavy atom. The monoisotopic (exact) mass is 350 g/mol. The third-order valence-corrected chi connectivity index (χ3v) is 6.63. The first-order chi connectivity index (χ1) is 11.5. The molecule has 0 bridgehead atoms. The first-order valence-electron chi connectivity index (χ1n) is 8.57. The fraction of sp³-hybridized carbons (Fsp3) is 0.588. The molecule has 24 heavy (non-hydrogen) atoms. The molecule has 1 aromatic carbocycles. The number of hydrogen-bond acceptors (Lipinski definition) is 5. The van der Waals surface area contributed by atoms with Crippen molar-refractivity contribution in [2.24, 2.45) is 16.8 Å². The Morgan fingerprint density at radius 1 is 1.21 bits per heavy atom. The van der Waals surface area contributed by atoms with Crippen LogP contribution < -0.4 is 10.0 Å². The van der Waals surface area contributed by atoms with Gasteiger partial charge in [0.25, 0.3) is 10.0 Å². The fourth-order valence-electron chi connectivity index (χ4n) is 3.59. The zero-order chi connectivity index (χ0) is 17.2. The molecule has 0 unspecified atom stereocenters. The van der Waals surface area contributed by atoms with E-state index in [0.717, 1.165) is 5.92 Å². The average molecular weight is 350 g/mol. The van der Waals surface area contributed by atoms with Gasteiger partial charge in [0.2, 0.25) is 5.96 Å². The molecule has 1 aliphatic carbocycles. The molecule has 132 valence electrons. The quantitative estimate of drug-likeness (QED) is 0.874. The Hall–Kier alpha value is -1.60. The Kier molecular flexibility index (Phi) is 5.10. The molecule has 2 N–H and O–H groups in total. The molecule has 0 amide bonds. The van der Waals surface area contributed by atoms with Crippen molar-refractivity contribution < 1.29 is 8.42 Å². The lowest BCUT2D eigenvalue weighted by Gasteiger charge is -2.42. The summed E-state index contributed by atoms with van der Waals surface area (Å²) in [6, 6.07) is 8.86. The van der Waals surface area contributed by atoms with Crippen LogP contribution >= 0.6 is 0 Å². The fourth-order valence-corrected chi connectivity index (χ4v) is 4.61. The number of rotatable bonds is 3. The van der Waals surface area contributed by atoms with Gasteiger partial charge in [-0.3, -0.25) is 4.90 Å². The van der Waals surface area contributed by atoms with Gasteiger partial charge in [-0.2, -0.15) is 0 Å². The highest BCUT2D eigenvalue weighted by Crippen LogP contribution is 2.32. The van der Waals surface area contributed by atoms with Crippen LogP contribution in [0.25, 0.3) is 0 Å². The van der Waals surface area contributed by atoms with Crippen LogP contribution in [0, 0.1) is 11.8 Å². The lowest BCUT2D eigenvalue weighted by Crippen LogP contribution is -2.55. The molecular formula is C17H26N4O2S. The highest BCUT2D eigenvalue weighted by atomic mass is 32.2. The summed E-state index contributed by atoms with van der Waals surface area (Å²) in [7, 11) is -3.58. The van der Waals surface area contributed by atoms with E-state index in [4.69, 9.17) is 0 Å². The summed E-state index contributed by atoms with van der Waals surface area (Å²) >= 11 is 0. The van der Waals surface area contributed by atoms with Gasteiger partial charge in [-0.05, 0) is 30.4 Å². The first-order valence-corrected chi connectivity index (χ1v) is 10.1. The average Bonchev–Trinajstić information content (AvgIpc) is 2.59. The van der Waals surface area contributed by atoms with Gasteiger partial charge in [0.1, 0.15) is 0 Å². The van der Waals surface area contributed by atoms with Crippen LogP contribution in [0.2, 0.25) is 0 Å². The largest absolute Gasteiger partial charge is 0.343 e. The van der Waals surface area contributed by atoms with Crippen molar-refractivity contribution in [2.75, 3.05) is 13.3 Å². The van der Waals surface area contributed by atoms with Crippen molar-refractivity contribution in [1.29, 1.82) is 0 Å². The maximum atomic E-state index is 12.3. The highest BCUT2D eigenvalue weighted by molar-refractivity contribution is 7.90. The molecule has 2 aliphatic rings. The van der Waals surface area contributed by atoms with E-state index in [0.29, 0.717) is 31.3 Å². The number of guanidine groups is 1. The van der Waals surface area contributed by atoms with E-state index in [-0.39, 0.29) is 4.90 Å². The van der Waals surface area contributed by atoms with E-state index in [1.54, 1.807) is 30.3 Å². The summed E-state index contributed by atoms with van der Waals surface area (Å²) in [5.41, 5.74) is 0. The highest BCUT2D eigenvalue weighted by Gasteiger charge is 2.32. The molecule has 3 rings (SSSR count). The molecule has 1 aromatic rings. The molecule has 0 saturated heterocycles. The smallest absolute Gasteiger partial charge is 0.264 e. The van der Waals surface area contributed by atoms with Gasteiger partial charge >= 0.3 is 0 Å². The Morgan fingerprint density at radius 2 is 1.96 bits per heavy atom. The predicted molar refractivity (Wildman–Crippen MR) is 94.9 cm³/mol. The molecule has 1 saturated carbocycles. The Bertz CT molecular complexity index is 690. The molecule has 3 atom stereocenters.